The third kappa shape index (κ3) is 4.19. The predicted molar refractivity (Wildman–Crippen MR) is 122 cm³/mol. The molecule has 2 saturated heterocycles. The van der Waals surface area contributed by atoms with E-state index < -0.39 is 9.84 Å². The number of thioether (sulfide) groups is 1. The molecule has 2 aromatic rings. The highest BCUT2D eigenvalue weighted by atomic mass is 35.5. The molecule has 4 rings (SSSR count). The molecule has 1 amide bonds. The summed E-state index contributed by atoms with van der Waals surface area (Å²) in [6.45, 7) is 0. The van der Waals surface area contributed by atoms with E-state index in [4.69, 9.17) is 27.9 Å². The first-order valence-corrected chi connectivity index (χ1v) is 12.6. The molecule has 2 aromatic carbocycles. The molecular weight excluding hydrogens is 467 g/mol. The average Bonchev–Trinajstić information content (AvgIpc) is 3.15. The Balaban J connectivity index is 1.69. The minimum atomic E-state index is -3.17. The largest absolute Gasteiger partial charge is 0.496 e. The van der Waals surface area contributed by atoms with Gasteiger partial charge in [-0.25, -0.2) is 8.42 Å². The summed E-state index contributed by atoms with van der Waals surface area (Å²) in [6, 6.07) is 12.0. The van der Waals surface area contributed by atoms with Crippen LogP contribution in [0.25, 0.3) is 0 Å². The molecule has 0 N–H and O–H groups in total. The van der Waals surface area contributed by atoms with Gasteiger partial charge in [-0.05, 0) is 18.2 Å². The van der Waals surface area contributed by atoms with Crippen LogP contribution in [0.4, 0.5) is 5.69 Å². The van der Waals surface area contributed by atoms with Gasteiger partial charge in [0.15, 0.2) is 15.0 Å². The zero-order valence-electron chi connectivity index (χ0n) is 15.9. The molecule has 2 aliphatic heterocycles. The number of hydrogen-bond acceptors (Lipinski definition) is 5. The topological polar surface area (TPSA) is 76.0 Å². The van der Waals surface area contributed by atoms with Crippen LogP contribution < -0.4 is 9.64 Å². The van der Waals surface area contributed by atoms with Crippen molar-refractivity contribution in [1.29, 1.82) is 0 Å². The minimum Gasteiger partial charge on any atom is -0.496 e. The Morgan fingerprint density at radius 3 is 2.73 bits per heavy atom. The highest BCUT2D eigenvalue weighted by Crippen LogP contribution is 2.44. The summed E-state index contributed by atoms with van der Waals surface area (Å²) in [5, 5.41) is 0.865. The lowest BCUT2D eigenvalue weighted by atomic mass is 10.1. The molecule has 30 heavy (non-hydrogen) atoms. The lowest BCUT2D eigenvalue weighted by molar-refractivity contribution is -0.117. The molecule has 0 spiro atoms. The fourth-order valence-electron chi connectivity index (χ4n) is 3.68. The van der Waals surface area contributed by atoms with Crippen LogP contribution in [0.1, 0.15) is 5.56 Å². The van der Waals surface area contributed by atoms with Gasteiger partial charge in [0, 0.05) is 10.8 Å². The molecule has 6 nitrogen and oxygen atoms in total. The first-order valence-electron chi connectivity index (χ1n) is 9.13. The van der Waals surface area contributed by atoms with Crippen molar-refractivity contribution < 1.29 is 17.9 Å². The maximum Gasteiger partial charge on any atom is 0.252 e. The smallest absolute Gasteiger partial charge is 0.252 e. The molecule has 0 bridgehead atoms. The van der Waals surface area contributed by atoms with E-state index in [2.05, 4.69) is 4.99 Å². The number of halogens is 2. The number of amidine groups is 1. The average molecular weight is 485 g/mol. The number of benzene rings is 2. The second kappa shape index (κ2) is 8.42. The zero-order chi connectivity index (χ0) is 21.5. The lowest BCUT2D eigenvalue weighted by Gasteiger charge is -2.25. The van der Waals surface area contributed by atoms with E-state index >= 15 is 0 Å². The van der Waals surface area contributed by atoms with E-state index in [0.29, 0.717) is 26.6 Å². The van der Waals surface area contributed by atoms with Gasteiger partial charge in [-0.15, -0.1) is 0 Å². The fourth-order valence-corrected chi connectivity index (χ4v) is 7.99. The summed E-state index contributed by atoms with van der Waals surface area (Å²) in [4.78, 5) is 18.8. The molecule has 0 aromatic heterocycles. The quantitative estimate of drug-likeness (QED) is 0.655. The number of anilines is 1. The van der Waals surface area contributed by atoms with Crippen molar-refractivity contribution in [1.82, 2.24) is 0 Å². The number of sulfone groups is 1. The van der Waals surface area contributed by atoms with Crippen LogP contribution in [-0.4, -0.2) is 49.4 Å². The summed E-state index contributed by atoms with van der Waals surface area (Å²) in [7, 11) is -1.63. The first kappa shape index (κ1) is 21.5. The van der Waals surface area contributed by atoms with Crippen LogP contribution in [0.3, 0.4) is 0 Å². The monoisotopic (exact) mass is 484 g/mol. The van der Waals surface area contributed by atoms with Crippen LogP contribution in [-0.2, 0) is 21.1 Å². The highest BCUT2D eigenvalue weighted by Gasteiger charge is 2.49. The van der Waals surface area contributed by atoms with Crippen LogP contribution in [0.15, 0.2) is 47.5 Å². The zero-order valence-corrected chi connectivity index (χ0v) is 19.1. The Kier molecular flexibility index (Phi) is 6.03. The SMILES string of the molecule is COc1ccccc1CC(=O)N=C1S[C@H]2CS(=O)(=O)C[C@H]2N1c1cccc(Cl)c1Cl. The van der Waals surface area contributed by atoms with Crippen LogP contribution >= 0.6 is 35.0 Å². The van der Waals surface area contributed by atoms with E-state index in [1.54, 1.807) is 36.3 Å². The number of nitrogens with zero attached hydrogens (tertiary/aromatic N) is 2. The number of ether oxygens (including phenoxy) is 1. The van der Waals surface area contributed by atoms with Crippen molar-refractivity contribution in [2.45, 2.75) is 17.7 Å². The Labute approximate surface area is 189 Å². The van der Waals surface area contributed by atoms with E-state index in [9.17, 15) is 13.2 Å². The first-order chi connectivity index (χ1) is 14.3. The molecule has 0 saturated carbocycles. The Morgan fingerprint density at radius 1 is 1.20 bits per heavy atom. The van der Waals surface area contributed by atoms with Gasteiger partial charge in [0.25, 0.3) is 5.91 Å². The molecule has 10 heteroatoms. The summed E-state index contributed by atoms with van der Waals surface area (Å²) in [5.41, 5.74) is 1.28. The van der Waals surface area contributed by atoms with E-state index in [-0.39, 0.29) is 35.1 Å². The van der Waals surface area contributed by atoms with Gasteiger partial charge in [-0.3, -0.25) is 4.79 Å². The summed E-state index contributed by atoms with van der Waals surface area (Å²) < 4.78 is 29.7. The van der Waals surface area contributed by atoms with Crippen molar-refractivity contribution in [3.05, 3.63) is 58.1 Å². The molecule has 2 heterocycles. The number of hydrogen-bond donors (Lipinski definition) is 0. The van der Waals surface area contributed by atoms with Crippen molar-refractivity contribution >= 4 is 61.6 Å². The maximum atomic E-state index is 12.8. The Hall–Kier alpha value is -1.74. The fraction of sp³-hybridized carbons (Fsp3) is 0.300. The van der Waals surface area contributed by atoms with E-state index in [0.717, 1.165) is 5.56 Å². The van der Waals surface area contributed by atoms with Crippen LogP contribution in [0.5, 0.6) is 5.75 Å². The standard InChI is InChI=1S/C20H18Cl2N2O4S2/c1-28-16-8-3-2-5-12(16)9-18(25)23-20-24(14-7-4-6-13(21)19(14)22)15-10-30(26,27)11-17(15)29-20/h2-8,15,17H,9-11H2,1H3/t15-,17+/m1/s1. The van der Waals surface area contributed by atoms with Gasteiger partial charge in [-0.1, -0.05) is 59.2 Å². The van der Waals surface area contributed by atoms with Gasteiger partial charge in [0.05, 0.1) is 46.8 Å². The molecule has 2 atom stereocenters. The molecular formula is C20H18Cl2N2O4S2. The summed E-state index contributed by atoms with van der Waals surface area (Å²) >= 11 is 13.9. The maximum absolute atomic E-state index is 12.8. The molecule has 2 aliphatic rings. The van der Waals surface area contributed by atoms with Crippen molar-refractivity contribution in [2.24, 2.45) is 4.99 Å². The number of rotatable bonds is 4. The van der Waals surface area contributed by atoms with Crippen molar-refractivity contribution in [3.63, 3.8) is 0 Å². The Bertz CT molecular complexity index is 1140. The van der Waals surface area contributed by atoms with Gasteiger partial charge < -0.3 is 9.64 Å². The summed E-state index contributed by atoms with van der Waals surface area (Å²) in [6.07, 6.45) is 0.0683. The predicted octanol–water partition coefficient (Wildman–Crippen LogP) is 3.85. The van der Waals surface area contributed by atoms with Gasteiger partial charge >= 0.3 is 0 Å². The van der Waals surface area contributed by atoms with Gasteiger partial charge in [0.2, 0.25) is 0 Å². The second-order valence-electron chi connectivity index (χ2n) is 7.02. The number of carbonyl (C=O) groups is 1. The molecule has 158 valence electrons. The van der Waals surface area contributed by atoms with E-state index in [1.165, 1.54) is 11.8 Å². The summed E-state index contributed by atoms with van der Waals surface area (Å²) in [5.74, 6) is 0.278. The normalized spacial score (nSPS) is 23.6. The number of methoxy groups -OCH3 is 1. The van der Waals surface area contributed by atoms with Gasteiger partial charge in [-0.2, -0.15) is 4.99 Å². The second-order valence-corrected chi connectivity index (χ2v) is 11.2. The van der Waals surface area contributed by atoms with E-state index in [1.807, 2.05) is 18.2 Å². The molecule has 0 radical (unpaired) electrons. The Morgan fingerprint density at radius 2 is 1.97 bits per heavy atom. The minimum absolute atomic E-state index is 0.0206. The number of amides is 1. The number of aliphatic imine (C=N–C) groups is 1. The number of para-hydroxylation sites is 1. The van der Waals surface area contributed by atoms with Gasteiger partial charge in [0.1, 0.15) is 5.75 Å². The van der Waals surface area contributed by atoms with Crippen molar-refractivity contribution in [2.75, 3.05) is 23.5 Å². The number of carbonyl (C=O) groups excluding carboxylic acids is 1. The molecule has 0 unspecified atom stereocenters. The third-order valence-corrected chi connectivity index (χ3v) is 9.03. The lowest BCUT2D eigenvalue weighted by Crippen LogP contribution is -2.38. The van der Waals surface area contributed by atoms with Crippen LogP contribution in [0, 0.1) is 0 Å². The van der Waals surface area contributed by atoms with Crippen molar-refractivity contribution in [3.8, 4) is 5.75 Å². The molecule has 2 fully saturated rings. The third-order valence-electron chi connectivity index (χ3n) is 5.01. The molecule has 0 aliphatic carbocycles. The number of fused-ring (bicyclic) bond motifs is 1. The highest BCUT2D eigenvalue weighted by molar-refractivity contribution is 8.16. The van der Waals surface area contributed by atoms with Crippen LogP contribution in [0.2, 0.25) is 10.0 Å².